The lowest BCUT2D eigenvalue weighted by Gasteiger charge is -2.19. The number of carbonyl (C=O) groups excluding carboxylic acids is 1. The minimum absolute atomic E-state index is 0.0668. The standard InChI is InChI=1S/C10H15ClN2O2S/c1-2-3-4-13(5-6-14)10-12-9(11)8(7-15)16-10/h7,14H,2-6H2,1H3. The van der Waals surface area contributed by atoms with Gasteiger partial charge in [-0.05, 0) is 6.42 Å². The number of unbranched alkanes of at least 4 members (excludes halogenated alkanes) is 1. The van der Waals surface area contributed by atoms with E-state index in [1.807, 2.05) is 4.90 Å². The number of aldehydes is 1. The van der Waals surface area contributed by atoms with E-state index in [4.69, 9.17) is 16.7 Å². The maximum Gasteiger partial charge on any atom is 0.187 e. The molecule has 4 nitrogen and oxygen atoms in total. The van der Waals surface area contributed by atoms with Gasteiger partial charge in [0.05, 0.1) is 6.61 Å². The normalized spacial score (nSPS) is 10.4. The number of nitrogens with zero attached hydrogens (tertiary/aromatic N) is 2. The lowest BCUT2D eigenvalue weighted by atomic mass is 10.3. The topological polar surface area (TPSA) is 53.4 Å². The number of halogens is 1. The van der Waals surface area contributed by atoms with Crippen LogP contribution < -0.4 is 4.90 Å². The molecule has 0 bridgehead atoms. The summed E-state index contributed by atoms with van der Waals surface area (Å²) in [6, 6.07) is 0. The summed E-state index contributed by atoms with van der Waals surface area (Å²) in [5, 5.41) is 9.91. The summed E-state index contributed by atoms with van der Waals surface area (Å²) >= 11 is 7.06. The first-order valence-electron chi connectivity index (χ1n) is 5.20. The van der Waals surface area contributed by atoms with Gasteiger partial charge in [0.2, 0.25) is 0 Å². The molecule has 0 saturated carbocycles. The van der Waals surface area contributed by atoms with Crippen molar-refractivity contribution < 1.29 is 9.90 Å². The summed E-state index contributed by atoms with van der Waals surface area (Å²) in [4.78, 5) is 17.2. The molecule has 0 aliphatic rings. The maximum absolute atomic E-state index is 10.7. The molecule has 1 rings (SSSR count). The molecule has 0 unspecified atom stereocenters. The molecule has 0 saturated heterocycles. The Morgan fingerprint density at radius 3 is 2.81 bits per heavy atom. The van der Waals surface area contributed by atoms with Crippen molar-refractivity contribution in [2.75, 3.05) is 24.6 Å². The number of aliphatic hydroxyl groups excluding tert-OH is 1. The molecule has 0 amide bonds. The molecule has 1 aromatic rings. The van der Waals surface area contributed by atoms with Crippen LogP contribution in [0.2, 0.25) is 5.15 Å². The number of carbonyl (C=O) groups is 1. The van der Waals surface area contributed by atoms with Crippen LogP contribution in [0.5, 0.6) is 0 Å². The Kier molecular flexibility index (Phi) is 5.73. The van der Waals surface area contributed by atoms with E-state index in [1.165, 1.54) is 11.3 Å². The summed E-state index contributed by atoms with van der Waals surface area (Å²) in [5.41, 5.74) is 0. The average molecular weight is 263 g/mol. The van der Waals surface area contributed by atoms with Crippen LogP contribution in [0.3, 0.4) is 0 Å². The smallest absolute Gasteiger partial charge is 0.187 e. The van der Waals surface area contributed by atoms with E-state index < -0.39 is 0 Å². The van der Waals surface area contributed by atoms with E-state index in [1.54, 1.807) is 0 Å². The zero-order valence-electron chi connectivity index (χ0n) is 9.15. The Balaban J connectivity index is 2.78. The fraction of sp³-hybridized carbons (Fsp3) is 0.600. The van der Waals surface area contributed by atoms with E-state index in [2.05, 4.69) is 11.9 Å². The lowest BCUT2D eigenvalue weighted by Crippen LogP contribution is -2.27. The average Bonchev–Trinajstić information content (AvgIpc) is 2.65. The van der Waals surface area contributed by atoms with Crippen LogP contribution in [0, 0.1) is 0 Å². The number of aromatic nitrogens is 1. The summed E-state index contributed by atoms with van der Waals surface area (Å²) in [6.45, 7) is 3.50. The van der Waals surface area contributed by atoms with Crippen molar-refractivity contribution in [2.24, 2.45) is 0 Å². The van der Waals surface area contributed by atoms with Crippen molar-refractivity contribution in [3.05, 3.63) is 10.0 Å². The van der Waals surface area contributed by atoms with E-state index in [0.29, 0.717) is 22.8 Å². The van der Waals surface area contributed by atoms with Gasteiger partial charge in [0.1, 0.15) is 4.88 Å². The van der Waals surface area contributed by atoms with E-state index in [9.17, 15) is 4.79 Å². The van der Waals surface area contributed by atoms with Crippen LogP contribution in [0.1, 0.15) is 29.4 Å². The molecule has 6 heteroatoms. The van der Waals surface area contributed by atoms with Gasteiger partial charge in [-0.25, -0.2) is 4.98 Å². The number of anilines is 1. The first kappa shape index (κ1) is 13.4. The second-order valence-electron chi connectivity index (χ2n) is 3.33. The molecule has 1 heterocycles. The van der Waals surface area contributed by atoms with Gasteiger partial charge in [0.15, 0.2) is 16.6 Å². The van der Waals surface area contributed by atoms with Gasteiger partial charge in [0.25, 0.3) is 0 Å². The third kappa shape index (κ3) is 3.43. The van der Waals surface area contributed by atoms with Gasteiger partial charge in [0, 0.05) is 13.1 Å². The van der Waals surface area contributed by atoms with Crippen molar-refractivity contribution in [1.29, 1.82) is 0 Å². The third-order valence-corrected chi connectivity index (χ3v) is 3.57. The number of hydrogen-bond donors (Lipinski definition) is 1. The molecular weight excluding hydrogens is 248 g/mol. The molecule has 1 N–H and O–H groups in total. The third-order valence-electron chi connectivity index (χ3n) is 2.13. The minimum atomic E-state index is 0.0668. The molecule has 0 aromatic carbocycles. The van der Waals surface area contributed by atoms with Crippen LogP contribution >= 0.6 is 22.9 Å². The highest BCUT2D eigenvalue weighted by molar-refractivity contribution is 7.17. The summed E-state index contributed by atoms with van der Waals surface area (Å²) in [5.74, 6) is 0. The van der Waals surface area contributed by atoms with Gasteiger partial charge < -0.3 is 10.0 Å². The quantitative estimate of drug-likeness (QED) is 0.766. The molecule has 0 aliphatic heterocycles. The Morgan fingerprint density at radius 2 is 2.31 bits per heavy atom. The highest BCUT2D eigenvalue weighted by atomic mass is 35.5. The van der Waals surface area contributed by atoms with Crippen LogP contribution in [0.4, 0.5) is 5.13 Å². The van der Waals surface area contributed by atoms with Crippen molar-refractivity contribution in [2.45, 2.75) is 19.8 Å². The number of aliphatic hydroxyl groups is 1. The Hall–Kier alpha value is -0.650. The second kappa shape index (κ2) is 6.83. The Bertz CT molecular complexity index is 344. The zero-order valence-corrected chi connectivity index (χ0v) is 10.7. The monoisotopic (exact) mass is 262 g/mol. The van der Waals surface area contributed by atoms with Gasteiger partial charge in [-0.3, -0.25) is 4.79 Å². The highest BCUT2D eigenvalue weighted by Gasteiger charge is 2.14. The molecule has 90 valence electrons. The zero-order chi connectivity index (χ0) is 12.0. The largest absolute Gasteiger partial charge is 0.395 e. The lowest BCUT2D eigenvalue weighted by molar-refractivity contribution is 0.112. The fourth-order valence-electron chi connectivity index (χ4n) is 1.28. The number of rotatable bonds is 7. The van der Waals surface area contributed by atoms with Gasteiger partial charge in [-0.1, -0.05) is 36.3 Å². The van der Waals surface area contributed by atoms with E-state index in [0.717, 1.165) is 19.4 Å². The second-order valence-corrected chi connectivity index (χ2v) is 4.70. The van der Waals surface area contributed by atoms with Crippen molar-refractivity contribution >= 4 is 34.4 Å². The van der Waals surface area contributed by atoms with Crippen molar-refractivity contribution in [1.82, 2.24) is 4.98 Å². The molecule has 0 fully saturated rings. The predicted molar refractivity (Wildman–Crippen MR) is 66.7 cm³/mol. The van der Waals surface area contributed by atoms with E-state index >= 15 is 0 Å². The Labute approximate surface area is 104 Å². The molecule has 1 aromatic heterocycles. The maximum atomic E-state index is 10.7. The van der Waals surface area contributed by atoms with Crippen LogP contribution in [0.25, 0.3) is 0 Å². The summed E-state index contributed by atoms with van der Waals surface area (Å²) in [7, 11) is 0. The Morgan fingerprint density at radius 1 is 1.56 bits per heavy atom. The summed E-state index contributed by atoms with van der Waals surface area (Å²) < 4.78 is 0. The van der Waals surface area contributed by atoms with Crippen molar-refractivity contribution in [3.8, 4) is 0 Å². The van der Waals surface area contributed by atoms with Gasteiger partial charge in [-0.15, -0.1) is 0 Å². The van der Waals surface area contributed by atoms with Crippen molar-refractivity contribution in [3.63, 3.8) is 0 Å². The SMILES string of the molecule is CCCCN(CCO)c1nc(Cl)c(C=O)s1. The molecule has 0 aliphatic carbocycles. The molecule has 0 atom stereocenters. The van der Waals surface area contributed by atoms with Crippen LogP contribution in [-0.2, 0) is 0 Å². The predicted octanol–water partition coefficient (Wildman–Crippen LogP) is 2.21. The molecule has 0 radical (unpaired) electrons. The van der Waals surface area contributed by atoms with Gasteiger partial charge >= 0.3 is 0 Å². The van der Waals surface area contributed by atoms with Gasteiger partial charge in [-0.2, -0.15) is 0 Å². The first-order valence-corrected chi connectivity index (χ1v) is 6.39. The fourth-order valence-corrected chi connectivity index (χ4v) is 2.40. The summed E-state index contributed by atoms with van der Waals surface area (Å²) in [6.07, 6.45) is 2.80. The molecule has 16 heavy (non-hydrogen) atoms. The highest BCUT2D eigenvalue weighted by Crippen LogP contribution is 2.28. The number of hydrogen-bond acceptors (Lipinski definition) is 5. The minimum Gasteiger partial charge on any atom is -0.395 e. The number of thiazole rings is 1. The van der Waals surface area contributed by atoms with Crippen LogP contribution in [0.15, 0.2) is 0 Å². The molecular formula is C10H15ClN2O2S. The molecule has 0 spiro atoms. The first-order chi connectivity index (χ1) is 7.72. The van der Waals surface area contributed by atoms with E-state index in [-0.39, 0.29) is 11.8 Å². The van der Waals surface area contributed by atoms with Crippen LogP contribution in [-0.4, -0.2) is 36.1 Å².